The molecular formula is C10H21N3O. The summed E-state index contributed by atoms with van der Waals surface area (Å²) < 4.78 is 0. The second kappa shape index (κ2) is 5.20. The molecule has 0 radical (unpaired) electrons. The second-order valence-corrected chi connectivity index (χ2v) is 4.43. The third kappa shape index (κ3) is 2.87. The molecular weight excluding hydrogens is 178 g/mol. The Morgan fingerprint density at radius 2 is 2.07 bits per heavy atom. The van der Waals surface area contributed by atoms with Crippen LogP contribution in [0.1, 0.15) is 39.5 Å². The molecule has 14 heavy (non-hydrogen) atoms. The minimum Gasteiger partial charge on any atom is -0.320 e. The van der Waals surface area contributed by atoms with Crippen LogP contribution in [0, 0.1) is 5.92 Å². The van der Waals surface area contributed by atoms with E-state index >= 15 is 0 Å². The molecule has 0 aromatic carbocycles. The number of hydrogen-bond acceptors (Lipinski definition) is 2. The number of hydrogen-bond donors (Lipinski definition) is 2. The number of carbonyl (C=O) groups excluding carboxylic acids is 1. The maximum atomic E-state index is 11.5. The van der Waals surface area contributed by atoms with Crippen molar-refractivity contribution in [3.8, 4) is 0 Å². The predicted octanol–water partition coefficient (Wildman–Crippen LogP) is 1.47. The Hall–Kier alpha value is -0.770. The van der Waals surface area contributed by atoms with Crippen LogP contribution in [0.2, 0.25) is 0 Å². The van der Waals surface area contributed by atoms with E-state index in [1.165, 1.54) is 12.8 Å². The van der Waals surface area contributed by atoms with Crippen LogP contribution in [-0.2, 0) is 0 Å². The number of urea groups is 1. The molecule has 1 aliphatic carbocycles. The van der Waals surface area contributed by atoms with Crippen LogP contribution in [0.4, 0.5) is 4.79 Å². The third-order valence-electron chi connectivity index (χ3n) is 2.71. The Labute approximate surface area is 85.8 Å². The maximum Gasteiger partial charge on any atom is 0.331 e. The van der Waals surface area contributed by atoms with Crippen LogP contribution in [0.25, 0.3) is 0 Å². The molecule has 4 nitrogen and oxygen atoms in total. The first-order valence-electron chi connectivity index (χ1n) is 5.42. The van der Waals surface area contributed by atoms with Gasteiger partial charge in [0.1, 0.15) is 0 Å². The fourth-order valence-electron chi connectivity index (χ4n) is 2.09. The van der Waals surface area contributed by atoms with E-state index in [1.54, 1.807) is 0 Å². The fourth-order valence-corrected chi connectivity index (χ4v) is 2.09. The van der Waals surface area contributed by atoms with E-state index in [-0.39, 0.29) is 6.03 Å². The molecule has 2 amide bonds. The Morgan fingerprint density at radius 3 is 2.50 bits per heavy atom. The van der Waals surface area contributed by atoms with Gasteiger partial charge in [0, 0.05) is 12.6 Å². The standard InChI is InChI=1S/C10H21N3O/c1-8(2)7-13(10(14)12-11)9-5-3-4-6-9/h8-9H,3-7,11H2,1-2H3,(H,12,14). The van der Waals surface area contributed by atoms with Gasteiger partial charge < -0.3 is 4.90 Å². The van der Waals surface area contributed by atoms with Gasteiger partial charge in [-0.25, -0.2) is 10.6 Å². The van der Waals surface area contributed by atoms with Crippen molar-refractivity contribution < 1.29 is 4.79 Å². The predicted molar refractivity (Wildman–Crippen MR) is 56.5 cm³/mol. The molecule has 1 fully saturated rings. The lowest BCUT2D eigenvalue weighted by Crippen LogP contribution is -2.49. The van der Waals surface area contributed by atoms with Crippen molar-refractivity contribution in [3.05, 3.63) is 0 Å². The highest BCUT2D eigenvalue weighted by Crippen LogP contribution is 2.24. The van der Waals surface area contributed by atoms with Crippen molar-refractivity contribution >= 4 is 6.03 Å². The number of amides is 2. The summed E-state index contributed by atoms with van der Waals surface area (Å²) >= 11 is 0. The summed E-state index contributed by atoms with van der Waals surface area (Å²) in [7, 11) is 0. The first kappa shape index (κ1) is 11.3. The summed E-state index contributed by atoms with van der Waals surface area (Å²) in [5, 5.41) is 0. The Morgan fingerprint density at radius 1 is 1.50 bits per heavy atom. The van der Waals surface area contributed by atoms with Gasteiger partial charge in [-0.05, 0) is 18.8 Å². The molecule has 0 unspecified atom stereocenters. The van der Waals surface area contributed by atoms with Crippen LogP contribution in [0.3, 0.4) is 0 Å². The zero-order valence-electron chi connectivity index (χ0n) is 9.12. The van der Waals surface area contributed by atoms with Crippen LogP contribution in [0.5, 0.6) is 0 Å². The summed E-state index contributed by atoms with van der Waals surface area (Å²) in [6, 6.07) is 0.270. The largest absolute Gasteiger partial charge is 0.331 e. The van der Waals surface area contributed by atoms with Crippen molar-refractivity contribution in [3.63, 3.8) is 0 Å². The number of carbonyl (C=O) groups is 1. The highest BCUT2D eigenvalue weighted by atomic mass is 16.2. The molecule has 1 aliphatic rings. The second-order valence-electron chi connectivity index (χ2n) is 4.43. The molecule has 1 rings (SSSR count). The number of hydrazine groups is 1. The summed E-state index contributed by atoms with van der Waals surface area (Å²) in [5.41, 5.74) is 2.23. The lowest BCUT2D eigenvalue weighted by atomic mass is 10.1. The van der Waals surface area contributed by atoms with Crippen molar-refractivity contribution in [2.45, 2.75) is 45.6 Å². The molecule has 0 aliphatic heterocycles. The van der Waals surface area contributed by atoms with Gasteiger partial charge >= 0.3 is 6.03 Å². The quantitative estimate of drug-likeness (QED) is 0.411. The molecule has 0 atom stereocenters. The van der Waals surface area contributed by atoms with Crippen molar-refractivity contribution in [2.75, 3.05) is 6.54 Å². The first-order valence-corrected chi connectivity index (χ1v) is 5.42. The molecule has 0 spiro atoms. The van der Waals surface area contributed by atoms with E-state index in [4.69, 9.17) is 5.84 Å². The lowest BCUT2D eigenvalue weighted by molar-refractivity contribution is 0.166. The fraction of sp³-hybridized carbons (Fsp3) is 0.900. The van der Waals surface area contributed by atoms with Gasteiger partial charge in [-0.1, -0.05) is 26.7 Å². The zero-order chi connectivity index (χ0) is 10.6. The van der Waals surface area contributed by atoms with E-state index in [9.17, 15) is 4.79 Å². The Balaban J connectivity index is 2.55. The number of rotatable bonds is 3. The van der Waals surface area contributed by atoms with E-state index < -0.39 is 0 Å². The van der Waals surface area contributed by atoms with Crippen LogP contribution < -0.4 is 11.3 Å². The van der Waals surface area contributed by atoms with Crippen LogP contribution >= 0.6 is 0 Å². The molecule has 0 bridgehead atoms. The number of nitrogens with two attached hydrogens (primary N) is 1. The molecule has 1 saturated carbocycles. The number of nitrogens with one attached hydrogen (secondary N) is 1. The molecule has 82 valence electrons. The van der Waals surface area contributed by atoms with Gasteiger partial charge in [-0.15, -0.1) is 0 Å². The van der Waals surface area contributed by atoms with Crippen molar-refractivity contribution in [1.82, 2.24) is 10.3 Å². The van der Waals surface area contributed by atoms with Crippen LogP contribution in [0.15, 0.2) is 0 Å². The normalized spacial score (nSPS) is 17.4. The van der Waals surface area contributed by atoms with Gasteiger partial charge in [0.05, 0.1) is 0 Å². The summed E-state index contributed by atoms with van der Waals surface area (Å²) in [6.45, 7) is 5.03. The van der Waals surface area contributed by atoms with Gasteiger partial charge in [0.25, 0.3) is 0 Å². The molecule has 0 heterocycles. The average molecular weight is 199 g/mol. The van der Waals surface area contributed by atoms with Crippen LogP contribution in [-0.4, -0.2) is 23.5 Å². The smallest absolute Gasteiger partial charge is 0.320 e. The van der Waals surface area contributed by atoms with Gasteiger partial charge in [-0.3, -0.25) is 5.43 Å². The molecule has 3 N–H and O–H groups in total. The van der Waals surface area contributed by atoms with Gasteiger partial charge in [0.15, 0.2) is 0 Å². The third-order valence-corrected chi connectivity index (χ3v) is 2.71. The van der Waals surface area contributed by atoms with E-state index in [2.05, 4.69) is 19.3 Å². The van der Waals surface area contributed by atoms with Crippen molar-refractivity contribution in [2.24, 2.45) is 11.8 Å². The molecule has 0 aromatic rings. The van der Waals surface area contributed by atoms with Crippen molar-refractivity contribution in [1.29, 1.82) is 0 Å². The maximum absolute atomic E-state index is 11.5. The highest BCUT2D eigenvalue weighted by Gasteiger charge is 2.26. The topological polar surface area (TPSA) is 58.4 Å². The van der Waals surface area contributed by atoms with E-state index in [1.807, 2.05) is 4.90 Å². The summed E-state index contributed by atoms with van der Waals surface area (Å²) in [6.07, 6.45) is 4.72. The van der Waals surface area contributed by atoms with E-state index in [0.717, 1.165) is 19.4 Å². The highest BCUT2D eigenvalue weighted by molar-refractivity contribution is 5.73. The minimum absolute atomic E-state index is 0.134. The molecule has 0 saturated heterocycles. The molecule has 0 aromatic heterocycles. The lowest BCUT2D eigenvalue weighted by Gasteiger charge is -2.29. The van der Waals surface area contributed by atoms with Gasteiger partial charge in [0.2, 0.25) is 0 Å². The monoisotopic (exact) mass is 199 g/mol. The van der Waals surface area contributed by atoms with Gasteiger partial charge in [-0.2, -0.15) is 0 Å². The summed E-state index contributed by atoms with van der Waals surface area (Å²) in [4.78, 5) is 13.4. The Bertz CT molecular complexity index is 188. The molecule has 4 heteroatoms. The minimum atomic E-state index is -0.134. The van der Waals surface area contributed by atoms with E-state index in [0.29, 0.717) is 12.0 Å². The first-order chi connectivity index (χ1) is 6.65. The summed E-state index contributed by atoms with van der Waals surface area (Å²) in [5.74, 6) is 5.67. The number of nitrogens with zero attached hydrogens (tertiary/aromatic N) is 1. The average Bonchev–Trinajstić information content (AvgIpc) is 2.65. The SMILES string of the molecule is CC(C)CN(C(=O)NN)C1CCCC1. The Kier molecular flexibility index (Phi) is 4.20. The zero-order valence-corrected chi connectivity index (χ0v) is 9.12.